The van der Waals surface area contributed by atoms with Crippen LogP contribution in [-0.4, -0.2) is 42.6 Å². The van der Waals surface area contributed by atoms with Crippen LogP contribution in [0.4, 0.5) is 11.6 Å². The van der Waals surface area contributed by atoms with Gasteiger partial charge in [0.1, 0.15) is 5.75 Å². The molecule has 1 amide bonds. The quantitative estimate of drug-likeness (QED) is 0.560. The number of amides is 1. The van der Waals surface area contributed by atoms with Crippen molar-refractivity contribution >= 4 is 44.5 Å². The number of rotatable bonds is 5. The molecular weight excluding hydrogens is 420 g/mol. The first-order chi connectivity index (χ1) is 13.6. The summed E-state index contributed by atoms with van der Waals surface area (Å²) in [5, 5.41) is 0. The fourth-order valence-electron chi connectivity index (χ4n) is 3.20. The number of hydrogen-bond donors (Lipinski definition) is 0. The molecule has 0 atom stereocenters. The molecule has 4 rings (SSSR count). The fourth-order valence-corrected chi connectivity index (χ4v) is 3.47. The summed E-state index contributed by atoms with van der Waals surface area (Å²) in [4.78, 5) is 26.1. The zero-order valence-electron chi connectivity index (χ0n) is 15.6. The monoisotopic (exact) mass is 440 g/mol. The van der Waals surface area contributed by atoms with E-state index >= 15 is 0 Å². The first kappa shape index (κ1) is 18.7. The highest BCUT2D eigenvalue weighted by Gasteiger charge is 2.28. The second-order valence-electron chi connectivity index (χ2n) is 6.73. The Balaban J connectivity index is 1.43. The van der Waals surface area contributed by atoms with Crippen molar-refractivity contribution in [2.45, 2.75) is 12.8 Å². The highest BCUT2D eigenvalue weighted by molar-refractivity contribution is 9.10. The summed E-state index contributed by atoms with van der Waals surface area (Å²) in [6.45, 7) is 1.85. The van der Waals surface area contributed by atoms with E-state index in [1.54, 1.807) is 4.90 Å². The summed E-state index contributed by atoms with van der Waals surface area (Å²) in [5.74, 6) is 2.26. The molecule has 0 saturated heterocycles. The molecule has 0 spiro atoms. The van der Waals surface area contributed by atoms with E-state index in [0.717, 1.165) is 33.6 Å². The number of ether oxygens (including phenoxy) is 1. The predicted octanol–water partition coefficient (Wildman–Crippen LogP) is 4.03. The summed E-state index contributed by atoms with van der Waals surface area (Å²) in [6.07, 6.45) is 1.06. The van der Waals surface area contributed by atoms with Crippen LogP contribution in [0.2, 0.25) is 0 Å². The Kier molecular flexibility index (Phi) is 5.43. The van der Waals surface area contributed by atoms with Gasteiger partial charge in [-0.05, 0) is 42.8 Å². The molecule has 7 heteroatoms. The molecule has 144 valence electrons. The van der Waals surface area contributed by atoms with Gasteiger partial charge in [-0.1, -0.05) is 28.1 Å². The average Bonchev–Trinajstić information content (AvgIpc) is 2.71. The smallest absolute Gasteiger partial charge is 0.228 e. The van der Waals surface area contributed by atoms with Gasteiger partial charge in [0.05, 0.1) is 17.6 Å². The van der Waals surface area contributed by atoms with Gasteiger partial charge in [-0.3, -0.25) is 9.69 Å². The Morgan fingerprint density at radius 2 is 1.71 bits per heavy atom. The van der Waals surface area contributed by atoms with Gasteiger partial charge in [0.15, 0.2) is 11.6 Å². The minimum Gasteiger partial charge on any atom is -0.494 e. The molecule has 0 fully saturated rings. The number of benzene rings is 2. The second-order valence-corrected chi connectivity index (χ2v) is 7.65. The molecule has 3 aromatic rings. The number of nitrogens with zero attached hydrogens (tertiary/aromatic N) is 4. The summed E-state index contributed by atoms with van der Waals surface area (Å²) in [6, 6.07) is 15.4. The largest absolute Gasteiger partial charge is 0.494 e. The van der Waals surface area contributed by atoms with Gasteiger partial charge in [0.2, 0.25) is 5.91 Å². The zero-order valence-corrected chi connectivity index (χ0v) is 17.2. The molecule has 0 N–H and O–H groups in total. The van der Waals surface area contributed by atoms with Crippen LogP contribution in [0.15, 0.2) is 53.0 Å². The molecule has 2 heterocycles. The number of hydrogen-bond acceptors (Lipinski definition) is 5. The van der Waals surface area contributed by atoms with E-state index in [1.165, 1.54) is 0 Å². The lowest BCUT2D eigenvalue weighted by molar-refractivity contribution is -0.118. The summed E-state index contributed by atoms with van der Waals surface area (Å²) < 4.78 is 6.73. The topological polar surface area (TPSA) is 58.6 Å². The molecular formula is C21H21BrN4O2. The van der Waals surface area contributed by atoms with Gasteiger partial charge in [-0.15, -0.1) is 0 Å². The Bertz CT molecular complexity index is 993. The molecule has 2 aromatic carbocycles. The van der Waals surface area contributed by atoms with Crippen molar-refractivity contribution < 1.29 is 9.53 Å². The first-order valence-corrected chi connectivity index (χ1v) is 10.1. The molecule has 28 heavy (non-hydrogen) atoms. The van der Waals surface area contributed by atoms with Crippen molar-refractivity contribution in [3.63, 3.8) is 0 Å². The Morgan fingerprint density at radius 3 is 2.43 bits per heavy atom. The van der Waals surface area contributed by atoms with Gasteiger partial charge >= 0.3 is 0 Å². The lowest BCUT2D eigenvalue weighted by Crippen LogP contribution is -2.43. The van der Waals surface area contributed by atoms with E-state index in [0.29, 0.717) is 31.8 Å². The highest BCUT2D eigenvalue weighted by Crippen LogP contribution is 2.31. The van der Waals surface area contributed by atoms with Crippen molar-refractivity contribution in [2.24, 2.45) is 0 Å². The molecule has 1 aliphatic heterocycles. The number of carbonyl (C=O) groups is 1. The van der Waals surface area contributed by atoms with Crippen LogP contribution in [0.3, 0.4) is 0 Å². The molecule has 1 aromatic heterocycles. The molecule has 0 aliphatic carbocycles. The normalized spacial score (nSPS) is 13.5. The lowest BCUT2D eigenvalue weighted by Gasteiger charge is -2.33. The van der Waals surface area contributed by atoms with Crippen LogP contribution in [-0.2, 0) is 4.79 Å². The number of para-hydroxylation sites is 2. The van der Waals surface area contributed by atoms with Crippen LogP contribution in [0, 0.1) is 0 Å². The predicted molar refractivity (Wildman–Crippen MR) is 114 cm³/mol. The van der Waals surface area contributed by atoms with E-state index in [1.807, 2.05) is 55.6 Å². The lowest BCUT2D eigenvalue weighted by atomic mass is 10.2. The maximum atomic E-state index is 12.8. The zero-order chi connectivity index (χ0) is 19.5. The van der Waals surface area contributed by atoms with E-state index in [-0.39, 0.29) is 5.91 Å². The molecule has 1 aliphatic rings. The molecule has 0 unspecified atom stereocenters. The fraction of sp³-hybridized carbons (Fsp3) is 0.286. The van der Waals surface area contributed by atoms with E-state index in [9.17, 15) is 4.79 Å². The standard InChI is InChI=1S/C21H21BrN4O2/c1-25-12-13-26(21-20(25)23-17-5-2-3-6-18(17)24-21)19(27)7-4-14-28-16-10-8-15(22)9-11-16/h2-3,5-6,8-11H,4,7,12-14H2,1H3. The third-order valence-corrected chi connectivity index (χ3v) is 5.26. The van der Waals surface area contributed by atoms with Crippen LogP contribution in [0.1, 0.15) is 12.8 Å². The van der Waals surface area contributed by atoms with E-state index in [4.69, 9.17) is 14.7 Å². The van der Waals surface area contributed by atoms with Crippen LogP contribution >= 0.6 is 15.9 Å². The third kappa shape index (κ3) is 3.94. The van der Waals surface area contributed by atoms with Gasteiger partial charge < -0.3 is 9.64 Å². The van der Waals surface area contributed by atoms with Crippen molar-refractivity contribution in [1.82, 2.24) is 9.97 Å². The van der Waals surface area contributed by atoms with Crippen molar-refractivity contribution in [2.75, 3.05) is 36.5 Å². The molecule has 0 bridgehead atoms. The number of carbonyl (C=O) groups excluding carboxylic acids is 1. The minimum absolute atomic E-state index is 0.0540. The van der Waals surface area contributed by atoms with E-state index in [2.05, 4.69) is 20.8 Å². The summed E-state index contributed by atoms with van der Waals surface area (Å²) in [7, 11) is 1.98. The first-order valence-electron chi connectivity index (χ1n) is 9.28. The van der Waals surface area contributed by atoms with Gasteiger partial charge in [-0.2, -0.15) is 0 Å². The van der Waals surface area contributed by atoms with Crippen LogP contribution in [0.25, 0.3) is 11.0 Å². The number of anilines is 2. The Hall–Kier alpha value is -2.67. The SMILES string of the molecule is CN1CCN(C(=O)CCCOc2ccc(Br)cc2)c2nc3ccccc3nc21. The third-order valence-electron chi connectivity index (χ3n) is 4.73. The minimum atomic E-state index is 0.0540. The number of aromatic nitrogens is 2. The van der Waals surface area contributed by atoms with Crippen LogP contribution in [0.5, 0.6) is 5.75 Å². The number of likely N-dealkylation sites (N-methyl/N-ethyl adjacent to an activating group) is 1. The molecule has 0 saturated carbocycles. The van der Waals surface area contributed by atoms with Crippen LogP contribution < -0.4 is 14.5 Å². The summed E-state index contributed by atoms with van der Waals surface area (Å²) in [5.41, 5.74) is 1.64. The second kappa shape index (κ2) is 8.14. The summed E-state index contributed by atoms with van der Waals surface area (Å²) >= 11 is 3.40. The van der Waals surface area contributed by atoms with Gasteiger partial charge in [-0.25, -0.2) is 9.97 Å². The molecule has 0 radical (unpaired) electrons. The van der Waals surface area contributed by atoms with Crippen molar-refractivity contribution in [3.8, 4) is 5.75 Å². The number of fused-ring (bicyclic) bond motifs is 2. The Morgan fingerprint density at radius 1 is 1.04 bits per heavy atom. The van der Waals surface area contributed by atoms with E-state index < -0.39 is 0 Å². The van der Waals surface area contributed by atoms with Crippen molar-refractivity contribution in [1.29, 1.82) is 0 Å². The maximum absolute atomic E-state index is 12.8. The molecule has 6 nitrogen and oxygen atoms in total. The average molecular weight is 441 g/mol. The highest BCUT2D eigenvalue weighted by atomic mass is 79.9. The van der Waals surface area contributed by atoms with Gasteiger partial charge in [0.25, 0.3) is 0 Å². The Labute approximate surface area is 172 Å². The van der Waals surface area contributed by atoms with Gasteiger partial charge in [0, 0.05) is 31.0 Å². The number of halogens is 1. The maximum Gasteiger partial charge on any atom is 0.228 e. The van der Waals surface area contributed by atoms with Crippen molar-refractivity contribution in [3.05, 3.63) is 53.0 Å².